The average molecular weight is 895 g/mol. The minimum absolute atomic E-state index is 0.108. The zero-order valence-corrected chi connectivity index (χ0v) is 40.4. The molecule has 3 heterocycles. The van der Waals surface area contributed by atoms with Gasteiger partial charge < -0.3 is 37.9 Å². The second-order valence-electron chi connectivity index (χ2n) is 22.7. The van der Waals surface area contributed by atoms with Crippen molar-refractivity contribution in [2.24, 2.45) is 49.7 Å². The van der Waals surface area contributed by atoms with Crippen LogP contribution in [0.15, 0.2) is 0 Å². The van der Waals surface area contributed by atoms with Gasteiger partial charge in [0, 0.05) is 19.3 Å². The summed E-state index contributed by atoms with van der Waals surface area (Å²) in [5.74, 6) is -7.03. The largest absolute Gasteiger partial charge is 0.463 e. The topological polar surface area (TPSA) is 210 Å². The molecule has 0 bridgehead atoms. The van der Waals surface area contributed by atoms with Crippen molar-refractivity contribution in [1.82, 2.24) is 0 Å². The van der Waals surface area contributed by atoms with Crippen LogP contribution in [-0.2, 0) is 76.3 Å². The number of cyclic esters (lactones) is 3. The van der Waals surface area contributed by atoms with Crippen molar-refractivity contribution in [3.05, 3.63) is 0 Å². The lowest BCUT2D eigenvalue weighted by atomic mass is 9.49. The van der Waals surface area contributed by atoms with Crippen LogP contribution >= 0.6 is 0 Å². The molecule has 3 aliphatic rings. The Morgan fingerprint density at radius 1 is 0.540 bits per heavy atom. The molecule has 3 saturated heterocycles. The molecule has 0 aromatic heterocycles. The zero-order valence-electron chi connectivity index (χ0n) is 40.4. The van der Waals surface area contributed by atoms with E-state index in [2.05, 4.69) is 0 Å². The lowest BCUT2D eigenvalue weighted by Crippen LogP contribution is -2.53. The molecule has 16 heteroatoms. The van der Waals surface area contributed by atoms with Crippen LogP contribution in [0.3, 0.4) is 0 Å². The van der Waals surface area contributed by atoms with E-state index in [0.717, 1.165) is 0 Å². The fourth-order valence-corrected chi connectivity index (χ4v) is 9.05. The molecule has 63 heavy (non-hydrogen) atoms. The van der Waals surface area contributed by atoms with Crippen LogP contribution < -0.4 is 0 Å². The van der Waals surface area contributed by atoms with E-state index in [-0.39, 0.29) is 57.3 Å². The maximum Gasteiger partial charge on any atom is 0.347 e. The number of rotatable bonds is 20. The summed E-state index contributed by atoms with van der Waals surface area (Å²) in [4.78, 5) is 104. The second-order valence-corrected chi connectivity index (χ2v) is 22.7. The molecular weight excluding hydrogens is 821 g/mol. The van der Waals surface area contributed by atoms with E-state index in [1.807, 2.05) is 96.9 Å². The van der Waals surface area contributed by atoms with Gasteiger partial charge in [-0.2, -0.15) is 0 Å². The van der Waals surface area contributed by atoms with Crippen molar-refractivity contribution in [2.75, 3.05) is 33.0 Å². The maximum absolute atomic E-state index is 14.8. The number of ether oxygens (including phenoxy) is 8. The Kier molecular flexibility index (Phi) is 16.8. The molecule has 358 valence electrons. The molecule has 0 aliphatic carbocycles. The molecule has 0 saturated carbocycles. The van der Waals surface area contributed by atoms with E-state index in [1.54, 1.807) is 6.92 Å². The van der Waals surface area contributed by atoms with E-state index in [9.17, 15) is 38.4 Å². The molecular formula is C47H74O16. The number of hydrogen-bond donors (Lipinski definition) is 0. The Morgan fingerprint density at radius 3 is 1.37 bits per heavy atom. The standard InChI is InChI=1S/C47H74O16/c1-41(2,3)22-29(36(51)63-32-18-21-58-39(32)54)46(13,14)44(9,10)27-47(15,40(55)60-25-34(49)62-31-17-20-57-38(31)53)45(11,12)26-43(7,8)23-28(42(4,5)6)35(50)59-24-33(48)61-30-16-19-56-37(30)52/h28-32H,16-27H2,1-15H3. The predicted molar refractivity (Wildman–Crippen MR) is 226 cm³/mol. The van der Waals surface area contributed by atoms with E-state index >= 15 is 0 Å². The predicted octanol–water partition coefficient (Wildman–Crippen LogP) is 6.65. The smallest absolute Gasteiger partial charge is 0.347 e. The Labute approximate surface area is 373 Å². The van der Waals surface area contributed by atoms with Gasteiger partial charge in [-0.05, 0) is 65.1 Å². The van der Waals surface area contributed by atoms with Crippen LogP contribution in [-0.4, -0.2) is 99.1 Å². The van der Waals surface area contributed by atoms with E-state index < -0.39 is 124 Å². The summed E-state index contributed by atoms with van der Waals surface area (Å²) in [6, 6.07) is 0. The highest BCUT2D eigenvalue weighted by atomic mass is 16.6. The van der Waals surface area contributed by atoms with Crippen LogP contribution in [0.4, 0.5) is 0 Å². The first-order valence-electron chi connectivity index (χ1n) is 22.1. The molecule has 0 aromatic carbocycles. The Hall–Kier alpha value is -4.24. The Bertz CT molecular complexity index is 1730. The van der Waals surface area contributed by atoms with Crippen molar-refractivity contribution < 1.29 is 76.3 Å². The van der Waals surface area contributed by atoms with E-state index in [4.69, 9.17) is 37.9 Å². The zero-order chi connectivity index (χ0) is 48.1. The minimum atomic E-state index is -1.38. The fourth-order valence-electron chi connectivity index (χ4n) is 9.05. The molecule has 0 radical (unpaired) electrons. The number of carbonyl (C=O) groups is 8. The van der Waals surface area contributed by atoms with Crippen LogP contribution in [0.2, 0.25) is 0 Å². The van der Waals surface area contributed by atoms with E-state index in [1.165, 1.54) is 0 Å². The third kappa shape index (κ3) is 13.9. The number of esters is 8. The number of carbonyl (C=O) groups excluding carboxylic acids is 8. The summed E-state index contributed by atoms with van der Waals surface area (Å²) in [6.45, 7) is 28.1. The van der Waals surface area contributed by atoms with Gasteiger partial charge in [0.05, 0.1) is 37.1 Å². The molecule has 3 fully saturated rings. The van der Waals surface area contributed by atoms with Crippen LogP contribution in [0.25, 0.3) is 0 Å². The van der Waals surface area contributed by atoms with Gasteiger partial charge in [0.1, 0.15) is 0 Å². The lowest BCUT2D eigenvalue weighted by molar-refractivity contribution is -0.182. The molecule has 16 nitrogen and oxygen atoms in total. The fraction of sp³-hybridized carbons (Fsp3) is 0.830. The SMILES string of the molecule is CC(C)(C)CC(C(=O)OC1CCOC1=O)C(C)(C)C(C)(C)CC(C)(C(=O)OCC(=O)OC1CCOC1=O)C(C)(C)CC(C)(C)CC(C(=O)OCC(=O)OC1CCOC1=O)C(C)(C)C. The Morgan fingerprint density at radius 2 is 0.968 bits per heavy atom. The normalized spacial score (nSPS) is 21.9. The molecule has 6 unspecified atom stereocenters. The second kappa shape index (κ2) is 19.9. The van der Waals surface area contributed by atoms with Crippen LogP contribution in [0.5, 0.6) is 0 Å². The van der Waals surface area contributed by atoms with Gasteiger partial charge in [-0.1, -0.05) is 96.9 Å². The van der Waals surface area contributed by atoms with Gasteiger partial charge >= 0.3 is 47.8 Å². The lowest BCUT2D eigenvalue weighted by Gasteiger charge is -2.54. The molecule has 0 amide bonds. The van der Waals surface area contributed by atoms with Crippen molar-refractivity contribution >= 4 is 47.8 Å². The molecule has 0 N–H and O–H groups in total. The highest BCUT2D eigenvalue weighted by Gasteiger charge is 2.58. The highest BCUT2D eigenvalue weighted by molar-refractivity contribution is 5.85. The van der Waals surface area contributed by atoms with Gasteiger partial charge in [0.25, 0.3) is 0 Å². The average Bonchev–Trinajstić information content (AvgIpc) is 3.86. The van der Waals surface area contributed by atoms with Crippen LogP contribution in [0.1, 0.15) is 149 Å². The Balaban J connectivity index is 1.97. The summed E-state index contributed by atoms with van der Waals surface area (Å²) in [5.41, 5.74) is -5.71. The summed E-state index contributed by atoms with van der Waals surface area (Å²) in [7, 11) is 0. The third-order valence-corrected chi connectivity index (χ3v) is 13.6. The summed E-state index contributed by atoms with van der Waals surface area (Å²) in [6.07, 6.45) is -1.33. The molecule has 3 aliphatic heterocycles. The van der Waals surface area contributed by atoms with Crippen molar-refractivity contribution in [3.63, 3.8) is 0 Å². The quantitative estimate of drug-likeness (QED) is 0.0926. The van der Waals surface area contributed by atoms with Gasteiger partial charge in [-0.25, -0.2) is 24.0 Å². The molecule has 0 spiro atoms. The summed E-state index contributed by atoms with van der Waals surface area (Å²) in [5, 5.41) is 0. The van der Waals surface area contributed by atoms with Gasteiger partial charge in [-0.3, -0.25) is 14.4 Å². The third-order valence-electron chi connectivity index (χ3n) is 13.6. The van der Waals surface area contributed by atoms with E-state index in [0.29, 0.717) is 12.8 Å². The minimum Gasteiger partial charge on any atom is -0.463 e. The van der Waals surface area contributed by atoms with Gasteiger partial charge in [0.15, 0.2) is 13.2 Å². The first-order chi connectivity index (χ1) is 28.6. The highest BCUT2D eigenvalue weighted by Crippen LogP contribution is 2.60. The van der Waals surface area contributed by atoms with Gasteiger partial charge in [0.2, 0.25) is 18.3 Å². The monoisotopic (exact) mass is 894 g/mol. The molecule has 3 rings (SSSR count). The maximum atomic E-state index is 14.8. The first-order valence-corrected chi connectivity index (χ1v) is 22.1. The molecule has 0 aromatic rings. The summed E-state index contributed by atoms with van der Waals surface area (Å²) < 4.78 is 42.4. The molecule has 6 atom stereocenters. The summed E-state index contributed by atoms with van der Waals surface area (Å²) >= 11 is 0. The van der Waals surface area contributed by atoms with Crippen molar-refractivity contribution in [1.29, 1.82) is 0 Å². The van der Waals surface area contributed by atoms with Crippen molar-refractivity contribution in [3.8, 4) is 0 Å². The van der Waals surface area contributed by atoms with Crippen LogP contribution in [0, 0.1) is 49.7 Å². The van der Waals surface area contributed by atoms with Gasteiger partial charge in [-0.15, -0.1) is 0 Å². The first kappa shape index (κ1) is 53.1. The van der Waals surface area contributed by atoms with Crippen molar-refractivity contribution in [2.45, 2.75) is 167 Å². The number of hydrogen-bond acceptors (Lipinski definition) is 16.